The van der Waals surface area contributed by atoms with E-state index in [2.05, 4.69) is 15.5 Å². The highest BCUT2D eigenvalue weighted by atomic mass is 32.2. The minimum atomic E-state index is -2.45. The van der Waals surface area contributed by atoms with Crippen LogP contribution in [0.15, 0.2) is 33.7 Å². The van der Waals surface area contributed by atoms with Gasteiger partial charge < -0.3 is 9.84 Å². The van der Waals surface area contributed by atoms with Crippen molar-refractivity contribution in [3.05, 3.63) is 36.0 Å². The maximum atomic E-state index is 12.2. The van der Waals surface area contributed by atoms with Gasteiger partial charge in [-0.05, 0) is 37.6 Å². The predicted octanol–water partition coefficient (Wildman–Crippen LogP) is 3.65. The molecule has 2 rings (SSSR count). The highest BCUT2D eigenvalue weighted by molar-refractivity contribution is 7.99. The van der Waals surface area contributed by atoms with E-state index in [1.165, 1.54) is 0 Å². The van der Waals surface area contributed by atoms with Gasteiger partial charge in [0.2, 0.25) is 11.8 Å². The van der Waals surface area contributed by atoms with Crippen molar-refractivity contribution in [1.29, 1.82) is 0 Å². The van der Waals surface area contributed by atoms with Gasteiger partial charge in [-0.15, -0.1) is 0 Å². The third kappa shape index (κ3) is 5.44. The summed E-state index contributed by atoms with van der Waals surface area (Å²) in [6.45, 7) is 1.73. The molecule has 2 aromatic rings. The summed E-state index contributed by atoms with van der Waals surface area (Å²) in [4.78, 5) is 16.3. The number of thioether (sulfide) groups is 1. The molecule has 0 saturated carbocycles. The second-order valence-electron chi connectivity index (χ2n) is 4.54. The van der Waals surface area contributed by atoms with E-state index < -0.39 is 5.76 Å². The third-order valence-corrected chi connectivity index (χ3v) is 3.45. The lowest BCUT2D eigenvalue weighted by Gasteiger charge is -2.06. The summed E-state index contributed by atoms with van der Waals surface area (Å²) >= 11 is 0.470. The summed E-state index contributed by atoms with van der Waals surface area (Å²) in [5.41, 5.74) is 0.581. The zero-order chi connectivity index (χ0) is 15.9. The largest absolute Gasteiger partial charge is 0.339 e. The Kier molecular flexibility index (Phi) is 5.88. The summed E-state index contributed by atoms with van der Waals surface area (Å²) in [5, 5.41) is 6.38. The predicted molar refractivity (Wildman–Crippen MR) is 78.9 cm³/mol. The van der Waals surface area contributed by atoms with E-state index in [9.17, 15) is 13.6 Å². The fourth-order valence-corrected chi connectivity index (χ4v) is 2.28. The lowest BCUT2D eigenvalue weighted by Crippen LogP contribution is -2.11. The zero-order valence-corrected chi connectivity index (χ0v) is 12.7. The molecular formula is C14H15F2N3O2S. The number of nitrogens with one attached hydrogen (secondary N) is 1. The van der Waals surface area contributed by atoms with Gasteiger partial charge in [0, 0.05) is 23.4 Å². The molecule has 1 aromatic carbocycles. The van der Waals surface area contributed by atoms with Crippen LogP contribution in [0.4, 0.5) is 14.5 Å². The maximum absolute atomic E-state index is 12.2. The van der Waals surface area contributed by atoms with Crippen molar-refractivity contribution in [2.24, 2.45) is 0 Å². The number of carbonyl (C=O) groups is 1. The van der Waals surface area contributed by atoms with Gasteiger partial charge in [0.25, 0.3) is 5.76 Å². The molecule has 22 heavy (non-hydrogen) atoms. The van der Waals surface area contributed by atoms with E-state index in [-0.39, 0.29) is 5.91 Å². The van der Waals surface area contributed by atoms with Crippen LogP contribution in [0.5, 0.6) is 0 Å². The lowest BCUT2D eigenvalue weighted by atomic mass is 10.2. The number of anilines is 1. The van der Waals surface area contributed by atoms with Crippen molar-refractivity contribution >= 4 is 23.4 Å². The van der Waals surface area contributed by atoms with Gasteiger partial charge in [-0.1, -0.05) is 16.9 Å². The quantitative estimate of drug-likeness (QED) is 0.786. The number of alkyl halides is 2. The third-order valence-electron chi connectivity index (χ3n) is 2.73. The Morgan fingerprint density at radius 1 is 1.36 bits per heavy atom. The minimum absolute atomic E-state index is 0.148. The maximum Gasteiger partial charge on any atom is 0.288 e. The second kappa shape index (κ2) is 7.88. The van der Waals surface area contributed by atoms with Crippen LogP contribution < -0.4 is 5.32 Å². The van der Waals surface area contributed by atoms with E-state index in [1.807, 2.05) is 0 Å². The van der Waals surface area contributed by atoms with Crippen molar-refractivity contribution in [1.82, 2.24) is 10.1 Å². The number of hydrogen-bond acceptors (Lipinski definition) is 5. The number of halogens is 2. The van der Waals surface area contributed by atoms with Gasteiger partial charge in [-0.2, -0.15) is 13.8 Å². The van der Waals surface area contributed by atoms with E-state index in [1.54, 1.807) is 31.2 Å². The average molecular weight is 327 g/mol. The summed E-state index contributed by atoms with van der Waals surface area (Å²) < 4.78 is 29.3. The number of benzene rings is 1. The summed E-state index contributed by atoms with van der Waals surface area (Å²) in [7, 11) is 0. The molecule has 5 nitrogen and oxygen atoms in total. The number of nitrogens with zero attached hydrogens (tertiary/aromatic N) is 2. The summed E-state index contributed by atoms with van der Waals surface area (Å²) in [6.07, 6.45) is 1.44. The summed E-state index contributed by atoms with van der Waals surface area (Å²) in [6, 6.07) is 6.30. The van der Waals surface area contributed by atoms with E-state index in [0.29, 0.717) is 53.3 Å². The Hall–Kier alpha value is -1.96. The number of hydrogen-bond donors (Lipinski definition) is 1. The molecule has 1 N–H and O–H groups in total. The Morgan fingerprint density at radius 3 is 2.68 bits per heavy atom. The highest BCUT2D eigenvalue weighted by Gasteiger charge is 2.08. The highest BCUT2D eigenvalue weighted by Crippen LogP contribution is 2.26. The van der Waals surface area contributed by atoms with Crippen molar-refractivity contribution in [3.8, 4) is 0 Å². The molecular weight excluding hydrogens is 312 g/mol. The van der Waals surface area contributed by atoms with Gasteiger partial charge in [0.1, 0.15) is 0 Å². The van der Waals surface area contributed by atoms with Crippen molar-refractivity contribution in [2.75, 3.05) is 5.32 Å². The first-order valence-electron chi connectivity index (χ1n) is 6.67. The van der Waals surface area contributed by atoms with Gasteiger partial charge in [-0.25, -0.2) is 0 Å². The first kappa shape index (κ1) is 16.4. The zero-order valence-electron chi connectivity index (χ0n) is 11.9. The van der Waals surface area contributed by atoms with Crippen LogP contribution in [0, 0.1) is 6.92 Å². The number of amides is 1. The molecule has 0 unspecified atom stereocenters. The van der Waals surface area contributed by atoms with E-state index in [0.717, 1.165) is 0 Å². The van der Waals surface area contributed by atoms with Gasteiger partial charge in [-0.3, -0.25) is 4.79 Å². The number of aromatic nitrogens is 2. The molecule has 1 amide bonds. The Balaban J connectivity index is 1.74. The van der Waals surface area contributed by atoms with Crippen LogP contribution in [0.3, 0.4) is 0 Å². The molecule has 0 aliphatic heterocycles. The second-order valence-corrected chi connectivity index (χ2v) is 5.60. The van der Waals surface area contributed by atoms with Gasteiger partial charge >= 0.3 is 0 Å². The van der Waals surface area contributed by atoms with Crippen LogP contribution >= 0.6 is 11.8 Å². The molecule has 1 heterocycles. The molecule has 0 atom stereocenters. The standard InChI is InChI=1S/C14H15F2N3O2S/c1-9-17-13(21-19-9)4-2-3-12(20)18-10-5-7-11(8-6-10)22-14(15)16/h5-8,14H,2-4H2,1H3,(H,18,20). The smallest absolute Gasteiger partial charge is 0.288 e. The van der Waals surface area contributed by atoms with Gasteiger partial charge in [0.05, 0.1) is 0 Å². The number of rotatable bonds is 7. The lowest BCUT2D eigenvalue weighted by molar-refractivity contribution is -0.116. The average Bonchev–Trinajstić information content (AvgIpc) is 2.86. The van der Waals surface area contributed by atoms with Crippen molar-refractivity contribution < 1.29 is 18.1 Å². The fraction of sp³-hybridized carbons (Fsp3) is 0.357. The molecule has 0 bridgehead atoms. The summed E-state index contributed by atoms with van der Waals surface area (Å²) in [5.74, 6) is -1.51. The minimum Gasteiger partial charge on any atom is -0.339 e. The van der Waals surface area contributed by atoms with Crippen LogP contribution in [0.25, 0.3) is 0 Å². The Labute approximate surface area is 130 Å². The van der Waals surface area contributed by atoms with Crippen LogP contribution in [-0.4, -0.2) is 21.8 Å². The van der Waals surface area contributed by atoms with Crippen molar-refractivity contribution in [2.45, 2.75) is 36.8 Å². The molecule has 0 spiro atoms. The molecule has 0 saturated heterocycles. The Bertz CT molecular complexity index is 617. The monoisotopic (exact) mass is 327 g/mol. The topological polar surface area (TPSA) is 68.0 Å². The van der Waals surface area contributed by atoms with Crippen molar-refractivity contribution in [3.63, 3.8) is 0 Å². The molecule has 118 valence electrons. The SMILES string of the molecule is Cc1noc(CCCC(=O)Nc2ccc(SC(F)F)cc2)n1. The van der Waals surface area contributed by atoms with Crippen LogP contribution in [0.1, 0.15) is 24.6 Å². The molecule has 8 heteroatoms. The molecule has 0 fully saturated rings. The first-order valence-corrected chi connectivity index (χ1v) is 7.55. The Morgan fingerprint density at radius 2 is 2.09 bits per heavy atom. The number of aryl methyl sites for hydroxylation is 2. The number of carbonyl (C=O) groups excluding carboxylic acids is 1. The van der Waals surface area contributed by atoms with Crippen LogP contribution in [-0.2, 0) is 11.2 Å². The van der Waals surface area contributed by atoms with Gasteiger partial charge in [0.15, 0.2) is 5.82 Å². The molecule has 1 aromatic heterocycles. The fourth-order valence-electron chi connectivity index (χ4n) is 1.78. The molecule has 0 aliphatic rings. The molecule has 0 aliphatic carbocycles. The van der Waals surface area contributed by atoms with Crippen LogP contribution in [0.2, 0.25) is 0 Å². The van der Waals surface area contributed by atoms with E-state index >= 15 is 0 Å². The van der Waals surface area contributed by atoms with E-state index in [4.69, 9.17) is 4.52 Å². The molecule has 0 radical (unpaired) electrons. The first-order chi connectivity index (χ1) is 10.5. The normalized spacial score (nSPS) is 10.9.